The second-order valence-electron chi connectivity index (χ2n) is 3.62. The quantitative estimate of drug-likeness (QED) is 0.358. The van der Waals surface area contributed by atoms with Crippen LogP contribution in [0.25, 0.3) is 0 Å². The van der Waals surface area contributed by atoms with Crippen molar-refractivity contribution >= 4 is 11.7 Å². The van der Waals surface area contributed by atoms with E-state index < -0.39 is 11.9 Å². The molecule has 5 nitrogen and oxygen atoms in total. The number of carbonyl (C=O) groups excluding carboxylic acids is 1. The van der Waals surface area contributed by atoms with E-state index in [2.05, 4.69) is 5.16 Å². The molecular formula is C11H14FN3O2. The van der Waals surface area contributed by atoms with Gasteiger partial charge < -0.3 is 15.8 Å². The molecule has 0 saturated heterocycles. The number of oxime groups is 1. The number of nitrogens with zero attached hydrogens (tertiary/aromatic N) is 2. The number of rotatable bonds is 3. The Morgan fingerprint density at radius 2 is 2.00 bits per heavy atom. The molecule has 1 aromatic rings. The zero-order valence-electron chi connectivity index (χ0n) is 9.59. The number of carbonyl (C=O) groups is 1. The Labute approximate surface area is 98.3 Å². The van der Waals surface area contributed by atoms with Crippen molar-refractivity contribution in [1.82, 2.24) is 4.90 Å². The van der Waals surface area contributed by atoms with E-state index in [1.807, 2.05) is 0 Å². The molecule has 0 aliphatic carbocycles. The predicted octanol–water partition coefficient (Wildman–Crippen LogP) is 1.03. The molecule has 6 heteroatoms. The lowest BCUT2D eigenvalue weighted by atomic mass is 10.1. The van der Waals surface area contributed by atoms with Crippen molar-refractivity contribution in [2.24, 2.45) is 10.9 Å². The maximum Gasteiger partial charge on any atom is 0.254 e. The monoisotopic (exact) mass is 239 g/mol. The van der Waals surface area contributed by atoms with Crippen molar-refractivity contribution in [2.75, 3.05) is 7.05 Å². The maximum atomic E-state index is 12.7. The van der Waals surface area contributed by atoms with Crippen molar-refractivity contribution in [3.8, 4) is 0 Å². The minimum absolute atomic E-state index is 0.0667. The summed E-state index contributed by atoms with van der Waals surface area (Å²) in [5.74, 6) is -0.805. The van der Waals surface area contributed by atoms with Gasteiger partial charge in [0, 0.05) is 12.6 Å². The Hall–Kier alpha value is -2.11. The SMILES string of the molecule is CC(C(N)=NO)N(C)C(=O)c1ccc(F)cc1. The molecule has 0 aliphatic rings. The van der Waals surface area contributed by atoms with E-state index in [0.717, 1.165) is 0 Å². The lowest BCUT2D eigenvalue weighted by Crippen LogP contribution is -2.43. The number of likely N-dealkylation sites (N-methyl/N-ethyl adjacent to an activating group) is 1. The van der Waals surface area contributed by atoms with Crippen LogP contribution in [0.3, 0.4) is 0 Å². The molecule has 0 aromatic heterocycles. The van der Waals surface area contributed by atoms with Crippen LogP contribution in [0.15, 0.2) is 29.4 Å². The van der Waals surface area contributed by atoms with Crippen LogP contribution in [0, 0.1) is 5.82 Å². The third-order valence-corrected chi connectivity index (χ3v) is 2.54. The van der Waals surface area contributed by atoms with Crippen LogP contribution in [0.5, 0.6) is 0 Å². The minimum Gasteiger partial charge on any atom is -0.409 e. The molecule has 1 amide bonds. The van der Waals surface area contributed by atoms with Crippen LogP contribution in [0.2, 0.25) is 0 Å². The number of halogens is 1. The molecule has 0 heterocycles. The Morgan fingerprint density at radius 3 is 2.47 bits per heavy atom. The molecule has 1 aromatic carbocycles. The topological polar surface area (TPSA) is 78.9 Å². The molecule has 17 heavy (non-hydrogen) atoms. The summed E-state index contributed by atoms with van der Waals surface area (Å²) in [6.45, 7) is 1.62. The van der Waals surface area contributed by atoms with E-state index in [9.17, 15) is 9.18 Å². The number of benzene rings is 1. The highest BCUT2D eigenvalue weighted by atomic mass is 19.1. The number of hydrogen-bond donors (Lipinski definition) is 2. The number of nitrogens with two attached hydrogens (primary N) is 1. The van der Waals surface area contributed by atoms with Crippen molar-refractivity contribution in [3.05, 3.63) is 35.6 Å². The van der Waals surface area contributed by atoms with E-state index in [0.29, 0.717) is 5.56 Å². The van der Waals surface area contributed by atoms with Crippen molar-refractivity contribution in [2.45, 2.75) is 13.0 Å². The van der Waals surface area contributed by atoms with Crippen LogP contribution < -0.4 is 5.73 Å². The Balaban J connectivity index is 2.86. The van der Waals surface area contributed by atoms with Crippen LogP contribution >= 0.6 is 0 Å². The first-order valence-electron chi connectivity index (χ1n) is 4.97. The summed E-state index contributed by atoms with van der Waals surface area (Å²) in [6, 6.07) is 4.63. The van der Waals surface area contributed by atoms with Gasteiger partial charge in [-0.1, -0.05) is 5.16 Å². The van der Waals surface area contributed by atoms with Gasteiger partial charge in [0.2, 0.25) is 0 Å². The van der Waals surface area contributed by atoms with Crippen molar-refractivity contribution in [3.63, 3.8) is 0 Å². The third kappa shape index (κ3) is 2.93. The highest BCUT2D eigenvalue weighted by Gasteiger charge is 2.20. The Morgan fingerprint density at radius 1 is 1.47 bits per heavy atom. The first-order valence-corrected chi connectivity index (χ1v) is 4.97. The van der Waals surface area contributed by atoms with Crippen LogP contribution in [0.1, 0.15) is 17.3 Å². The molecule has 0 bridgehead atoms. The van der Waals surface area contributed by atoms with E-state index in [1.165, 1.54) is 36.2 Å². The lowest BCUT2D eigenvalue weighted by Gasteiger charge is -2.23. The van der Waals surface area contributed by atoms with E-state index in [1.54, 1.807) is 6.92 Å². The van der Waals surface area contributed by atoms with Gasteiger partial charge >= 0.3 is 0 Å². The second-order valence-corrected chi connectivity index (χ2v) is 3.62. The number of amidine groups is 1. The molecule has 3 N–H and O–H groups in total. The highest BCUT2D eigenvalue weighted by molar-refractivity contribution is 5.97. The van der Waals surface area contributed by atoms with Gasteiger partial charge in [0.1, 0.15) is 5.82 Å². The van der Waals surface area contributed by atoms with E-state index in [4.69, 9.17) is 10.9 Å². The molecule has 1 rings (SSSR count). The van der Waals surface area contributed by atoms with Gasteiger partial charge in [-0.05, 0) is 31.2 Å². The maximum absolute atomic E-state index is 12.7. The standard InChI is InChI=1S/C11H14FN3O2/c1-7(10(13)14-17)15(2)11(16)8-3-5-9(12)6-4-8/h3-7,17H,1-2H3,(H2,13,14). The van der Waals surface area contributed by atoms with Crippen LogP contribution in [-0.2, 0) is 0 Å². The summed E-state index contributed by atoms with van der Waals surface area (Å²) in [7, 11) is 1.52. The fourth-order valence-corrected chi connectivity index (χ4v) is 1.25. The second kappa shape index (κ2) is 5.29. The molecule has 0 saturated carbocycles. The summed E-state index contributed by atoms with van der Waals surface area (Å²) in [5.41, 5.74) is 5.74. The smallest absolute Gasteiger partial charge is 0.254 e. The number of amides is 1. The molecular weight excluding hydrogens is 225 g/mol. The van der Waals surface area contributed by atoms with Crippen molar-refractivity contribution in [1.29, 1.82) is 0 Å². The zero-order valence-corrected chi connectivity index (χ0v) is 9.59. The summed E-state index contributed by atoms with van der Waals surface area (Å²) in [5, 5.41) is 11.4. The molecule has 1 unspecified atom stereocenters. The summed E-state index contributed by atoms with van der Waals surface area (Å²) in [4.78, 5) is 13.2. The fourth-order valence-electron chi connectivity index (χ4n) is 1.25. The van der Waals surface area contributed by atoms with Gasteiger partial charge in [-0.2, -0.15) is 0 Å². The van der Waals surface area contributed by atoms with Gasteiger partial charge in [-0.15, -0.1) is 0 Å². The summed E-state index contributed by atoms with van der Waals surface area (Å²) < 4.78 is 12.7. The first kappa shape index (κ1) is 13.0. The largest absolute Gasteiger partial charge is 0.409 e. The average Bonchev–Trinajstić information content (AvgIpc) is 2.36. The highest BCUT2D eigenvalue weighted by Crippen LogP contribution is 2.08. The number of hydrogen-bond acceptors (Lipinski definition) is 3. The zero-order chi connectivity index (χ0) is 13.0. The Kier molecular flexibility index (Phi) is 4.03. The van der Waals surface area contributed by atoms with Gasteiger partial charge in [0.25, 0.3) is 5.91 Å². The van der Waals surface area contributed by atoms with Gasteiger partial charge in [0.15, 0.2) is 5.84 Å². The summed E-state index contributed by atoms with van der Waals surface area (Å²) in [6.07, 6.45) is 0. The third-order valence-electron chi connectivity index (χ3n) is 2.54. The van der Waals surface area contributed by atoms with Crippen molar-refractivity contribution < 1.29 is 14.4 Å². The van der Waals surface area contributed by atoms with Gasteiger partial charge in [-0.3, -0.25) is 4.79 Å². The molecule has 0 spiro atoms. The van der Waals surface area contributed by atoms with E-state index >= 15 is 0 Å². The lowest BCUT2D eigenvalue weighted by molar-refractivity contribution is 0.0776. The minimum atomic E-state index is -0.544. The average molecular weight is 239 g/mol. The Bertz CT molecular complexity index is 431. The van der Waals surface area contributed by atoms with Crippen LogP contribution in [0.4, 0.5) is 4.39 Å². The molecule has 0 radical (unpaired) electrons. The van der Waals surface area contributed by atoms with Crippen LogP contribution in [-0.4, -0.2) is 34.9 Å². The van der Waals surface area contributed by atoms with Gasteiger partial charge in [-0.25, -0.2) is 4.39 Å². The van der Waals surface area contributed by atoms with Gasteiger partial charge in [0.05, 0.1) is 6.04 Å². The van der Waals surface area contributed by atoms with E-state index in [-0.39, 0.29) is 11.7 Å². The normalized spacial score (nSPS) is 13.2. The molecule has 0 aliphatic heterocycles. The predicted molar refractivity (Wildman–Crippen MR) is 61.4 cm³/mol. The first-order chi connectivity index (χ1) is 7.97. The molecule has 1 atom stereocenters. The molecule has 0 fully saturated rings. The summed E-state index contributed by atoms with van der Waals surface area (Å²) >= 11 is 0. The fraction of sp³-hybridized carbons (Fsp3) is 0.273. The molecule has 92 valence electrons.